The van der Waals surface area contributed by atoms with Crippen LogP contribution in [0.1, 0.15) is 13.3 Å². The molecule has 0 N–H and O–H groups in total. The van der Waals surface area contributed by atoms with Crippen molar-refractivity contribution in [3.8, 4) is 0 Å². The third-order valence-corrected chi connectivity index (χ3v) is 1.95. The number of ketones is 1. The van der Waals surface area contributed by atoms with E-state index < -0.39 is 0 Å². The van der Waals surface area contributed by atoms with Crippen LogP contribution in [0, 0.1) is 5.92 Å². The van der Waals surface area contributed by atoms with Crippen LogP contribution in [0.2, 0.25) is 0 Å². The highest BCUT2D eigenvalue weighted by Crippen LogP contribution is 2.20. The molecule has 11 heavy (non-hydrogen) atoms. The van der Waals surface area contributed by atoms with Gasteiger partial charge >= 0.3 is 0 Å². The van der Waals surface area contributed by atoms with Crippen molar-refractivity contribution >= 4 is 17.4 Å². The zero-order chi connectivity index (χ0) is 8.27. The molecule has 0 saturated carbocycles. The Morgan fingerprint density at radius 3 is 2.91 bits per heavy atom. The average molecular weight is 175 g/mol. The van der Waals surface area contributed by atoms with E-state index in [1.807, 2.05) is 6.92 Å². The molecule has 0 aliphatic carbocycles. The Balaban J connectivity index is 2.43. The molecular formula is C8H11ClO2. The molecule has 0 amide bonds. The number of halogens is 1. The average Bonchev–Trinajstić information content (AvgIpc) is 2.36. The second-order valence-electron chi connectivity index (χ2n) is 2.77. The summed E-state index contributed by atoms with van der Waals surface area (Å²) in [5.41, 5.74) is 1.26. The molecule has 0 bridgehead atoms. The van der Waals surface area contributed by atoms with Gasteiger partial charge in [0.05, 0.1) is 12.7 Å². The lowest BCUT2D eigenvalue weighted by molar-refractivity contribution is -0.118. The van der Waals surface area contributed by atoms with Crippen LogP contribution in [0.3, 0.4) is 0 Å². The van der Waals surface area contributed by atoms with E-state index in [1.165, 1.54) is 11.6 Å². The maximum atomic E-state index is 11.1. The smallest absolute Gasteiger partial charge is 0.162 e. The first kappa shape index (κ1) is 8.75. The normalized spacial score (nSPS) is 31.5. The minimum Gasteiger partial charge on any atom is -0.378 e. The van der Waals surface area contributed by atoms with Crippen molar-refractivity contribution in [2.45, 2.75) is 19.4 Å². The molecule has 2 unspecified atom stereocenters. The topological polar surface area (TPSA) is 26.3 Å². The van der Waals surface area contributed by atoms with Crippen molar-refractivity contribution in [3.05, 3.63) is 11.6 Å². The first-order valence-corrected chi connectivity index (χ1v) is 4.10. The molecule has 3 heteroatoms. The largest absolute Gasteiger partial charge is 0.378 e. The van der Waals surface area contributed by atoms with Crippen molar-refractivity contribution in [2.75, 3.05) is 6.61 Å². The number of carbonyl (C=O) groups excluding carboxylic acids is 1. The fourth-order valence-corrected chi connectivity index (χ4v) is 1.34. The van der Waals surface area contributed by atoms with Gasteiger partial charge in [0.2, 0.25) is 0 Å². The molecule has 0 radical (unpaired) electrons. The Labute approximate surface area is 71.2 Å². The number of rotatable bonds is 2. The molecule has 2 nitrogen and oxygen atoms in total. The summed E-state index contributed by atoms with van der Waals surface area (Å²) in [5, 5.41) is 0. The summed E-state index contributed by atoms with van der Waals surface area (Å²) in [5.74, 6) is 0.101. The highest BCUT2D eigenvalue weighted by Gasteiger charge is 2.26. The summed E-state index contributed by atoms with van der Waals surface area (Å²) in [6.07, 6.45) is 2.43. The number of allylic oxidation sites excluding steroid dienone is 1. The molecule has 2 atom stereocenters. The van der Waals surface area contributed by atoms with Crippen molar-refractivity contribution in [2.24, 2.45) is 5.92 Å². The molecule has 62 valence electrons. The van der Waals surface area contributed by atoms with Crippen LogP contribution in [0.15, 0.2) is 11.6 Å². The summed E-state index contributed by atoms with van der Waals surface area (Å²) < 4.78 is 5.24. The summed E-state index contributed by atoms with van der Waals surface area (Å²) in [7, 11) is 0. The third kappa shape index (κ3) is 2.31. The summed E-state index contributed by atoms with van der Waals surface area (Å²) >= 11 is 5.27. The Hall–Kier alpha value is -0.340. The van der Waals surface area contributed by atoms with E-state index in [-0.39, 0.29) is 17.8 Å². The van der Waals surface area contributed by atoms with Gasteiger partial charge in [-0.1, -0.05) is 11.6 Å². The fourth-order valence-electron chi connectivity index (χ4n) is 1.21. The molecule has 0 spiro atoms. The minimum atomic E-state index is 0.0278. The van der Waals surface area contributed by atoms with E-state index in [2.05, 4.69) is 0 Å². The Morgan fingerprint density at radius 1 is 1.73 bits per heavy atom. The molecule has 1 fully saturated rings. The van der Waals surface area contributed by atoms with Gasteiger partial charge in [0.15, 0.2) is 5.78 Å². The van der Waals surface area contributed by atoms with E-state index in [9.17, 15) is 4.79 Å². The maximum Gasteiger partial charge on any atom is 0.162 e. The standard InChI is InChI=1S/C8H11ClO2/c1-6-4-7(5-11-6)8(10)2-3-9/h2-3,6-7H,4-5H2,1H3/b3-2+. The first-order chi connectivity index (χ1) is 5.24. The molecule has 0 aromatic rings. The van der Waals surface area contributed by atoms with Crippen LogP contribution in [0.5, 0.6) is 0 Å². The van der Waals surface area contributed by atoms with E-state index in [1.54, 1.807) is 0 Å². The number of ether oxygens (including phenoxy) is 1. The Bertz CT molecular complexity index is 177. The molecule has 1 saturated heterocycles. The van der Waals surface area contributed by atoms with Gasteiger partial charge in [-0.15, -0.1) is 0 Å². The Morgan fingerprint density at radius 2 is 2.45 bits per heavy atom. The number of hydrogen-bond acceptors (Lipinski definition) is 2. The van der Waals surface area contributed by atoms with E-state index in [0.717, 1.165) is 6.42 Å². The second kappa shape index (κ2) is 3.88. The zero-order valence-corrected chi connectivity index (χ0v) is 7.17. The van der Waals surface area contributed by atoms with Crippen LogP contribution in [0.4, 0.5) is 0 Å². The fraction of sp³-hybridized carbons (Fsp3) is 0.625. The maximum absolute atomic E-state index is 11.1. The first-order valence-electron chi connectivity index (χ1n) is 3.66. The number of carbonyl (C=O) groups is 1. The second-order valence-corrected chi connectivity index (χ2v) is 3.02. The lowest BCUT2D eigenvalue weighted by Crippen LogP contribution is -2.11. The molecule has 1 heterocycles. The van der Waals surface area contributed by atoms with Crippen LogP contribution in [-0.2, 0) is 9.53 Å². The summed E-state index contributed by atoms with van der Waals surface area (Å²) in [6.45, 7) is 2.51. The van der Waals surface area contributed by atoms with E-state index in [4.69, 9.17) is 16.3 Å². The monoisotopic (exact) mass is 174 g/mol. The van der Waals surface area contributed by atoms with E-state index >= 15 is 0 Å². The van der Waals surface area contributed by atoms with Crippen molar-refractivity contribution in [1.82, 2.24) is 0 Å². The van der Waals surface area contributed by atoms with Gasteiger partial charge in [-0.2, -0.15) is 0 Å². The molecule has 0 aromatic heterocycles. The Kier molecular flexibility index (Phi) is 3.09. The van der Waals surface area contributed by atoms with Crippen LogP contribution in [-0.4, -0.2) is 18.5 Å². The molecule has 1 aliphatic rings. The lowest BCUT2D eigenvalue weighted by atomic mass is 10.0. The van der Waals surface area contributed by atoms with E-state index in [0.29, 0.717) is 6.61 Å². The molecule has 1 aliphatic heterocycles. The van der Waals surface area contributed by atoms with Gasteiger partial charge in [-0.05, 0) is 19.4 Å². The summed E-state index contributed by atoms with van der Waals surface area (Å²) in [4.78, 5) is 11.1. The quantitative estimate of drug-likeness (QED) is 0.596. The highest BCUT2D eigenvalue weighted by atomic mass is 35.5. The van der Waals surface area contributed by atoms with Gasteiger partial charge in [0.25, 0.3) is 0 Å². The van der Waals surface area contributed by atoms with Crippen molar-refractivity contribution < 1.29 is 9.53 Å². The predicted molar refractivity (Wildman–Crippen MR) is 43.5 cm³/mol. The van der Waals surface area contributed by atoms with Gasteiger partial charge in [-0.3, -0.25) is 4.79 Å². The van der Waals surface area contributed by atoms with Gasteiger partial charge in [0.1, 0.15) is 0 Å². The van der Waals surface area contributed by atoms with Crippen molar-refractivity contribution in [1.29, 1.82) is 0 Å². The molecular weight excluding hydrogens is 164 g/mol. The van der Waals surface area contributed by atoms with Gasteiger partial charge < -0.3 is 4.74 Å². The predicted octanol–water partition coefficient (Wildman–Crippen LogP) is 1.73. The molecule has 1 rings (SSSR count). The lowest BCUT2D eigenvalue weighted by Gasteiger charge is -1.99. The van der Waals surface area contributed by atoms with Crippen LogP contribution >= 0.6 is 11.6 Å². The third-order valence-electron chi connectivity index (χ3n) is 1.83. The SMILES string of the molecule is CC1CC(C(=O)/C=C/Cl)CO1. The van der Waals surface area contributed by atoms with Gasteiger partial charge in [-0.25, -0.2) is 0 Å². The molecule has 0 aromatic carbocycles. The zero-order valence-electron chi connectivity index (χ0n) is 6.42. The van der Waals surface area contributed by atoms with Crippen molar-refractivity contribution in [3.63, 3.8) is 0 Å². The van der Waals surface area contributed by atoms with Gasteiger partial charge in [0, 0.05) is 11.5 Å². The minimum absolute atomic E-state index is 0.0278. The number of hydrogen-bond donors (Lipinski definition) is 0. The summed E-state index contributed by atoms with van der Waals surface area (Å²) in [6, 6.07) is 0. The van der Waals surface area contributed by atoms with Crippen LogP contribution in [0.25, 0.3) is 0 Å². The highest BCUT2D eigenvalue weighted by molar-refractivity contribution is 6.26. The van der Waals surface area contributed by atoms with Crippen LogP contribution < -0.4 is 0 Å².